The number of carbonyl (C=O) groups is 3. The summed E-state index contributed by atoms with van der Waals surface area (Å²) in [7, 11) is 1.51. The fraction of sp³-hybridized carbons (Fsp3) is 0.292. The number of carbonyl (C=O) groups excluding carboxylic acids is 3. The van der Waals surface area contributed by atoms with Gasteiger partial charge in [-0.25, -0.2) is 9.69 Å². The average Bonchev–Trinajstić information content (AvgIpc) is 3.02. The van der Waals surface area contributed by atoms with Crippen LogP contribution < -0.4 is 19.7 Å². The molecule has 0 saturated carbocycles. The number of urea groups is 1. The lowest BCUT2D eigenvalue weighted by molar-refractivity contribution is -0.124. The first-order valence-corrected chi connectivity index (χ1v) is 10.4. The summed E-state index contributed by atoms with van der Waals surface area (Å²) in [5.41, 5.74) is 0.967. The zero-order valence-electron chi connectivity index (χ0n) is 18.2. The van der Waals surface area contributed by atoms with Gasteiger partial charge in [-0.15, -0.1) is 6.58 Å². The van der Waals surface area contributed by atoms with Crippen LogP contribution in [0.5, 0.6) is 11.5 Å². The van der Waals surface area contributed by atoms with Crippen LogP contribution >= 0.6 is 0 Å². The van der Waals surface area contributed by atoms with E-state index < -0.39 is 18.0 Å². The molecular formula is C24H27N3O5. The van der Waals surface area contributed by atoms with Crippen molar-refractivity contribution in [1.29, 1.82) is 0 Å². The summed E-state index contributed by atoms with van der Waals surface area (Å²) in [6.07, 6.45) is 2.26. The molecule has 0 aliphatic carbocycles. The molecule has 0 unspecified atom stereocenters. The molecule has 3 rings (SSSR count). The first-order chi connectivity index (χ1) is 15.5. The zero-order valence-corrected chi connectivity index (χ0v) is 18.2. The van der Waals surface area contributed by atoms with Gasteiger partial charge in [-0.1, -0.05) is 19.1 Å². The number of anilines is 2. The maximum Gasteiger partial charge on any atom is 0.332 e. The van der Waals surface area contributed by atoms with Crippen molar-refractivity contribution in [2.45, 2.75) is 25.8 Å². The molecular weight excluding hydrogens is 410 g/mol. The van der Waals surface area contributed by atoms with Crippen LogP contribution in [0.15, 0.2) is 61.2 Å². The van der Waals surface area contributed by atoms with Gasteiger partial charge >= 0.3 is 6.03 Å². The van der Waals surface area contributed by atoms with Crippen molar-refractivity contribution in [3.63, 3.8) is 0 Å². The van der Waals surface area contributed by atoms with E-state index in [1.165, 1.54) is 18.1 Å². The molecule has 0 aromatic heterocycles. The van der Waals surface area contributed by atoms with E-state index in [0.29, 0.717) is 29.5 Å². The molecule has 4 amide bonds. The topological polar surface area (TPSA) is 88.2 Å². The Morgan fingerprint density at radius 2 is 1.91 bits per heavy atom. The minimum absolute atomic E-state index is 0.145. The molecule has 8 heteroatoms. The molecule has 1 aliphatic rings. The fourth-order valence-electron chi connectivity index (χ4n) is 3.41. The van der Waals surface area contributed by atoms with Gasteiger partial charge < -0.3 is 19.7 Å². The van der Waals surface area contributed by atoms with Crippen LogP contribution in [0.2, 0.25) is 0 Å². The van der Waals surface area contributed by atoms with Crippen molar-refractivity contribution < 1.29 is 23.9 Å². The number of nitrogens with one attached hydrogen (secondary N) is 1. The summed E-state index contributed by atoms with van der Waals surface area (Å²) in [5, 5.41) is 2.77. The van der Waals surface area contributed by atoms with Crippen LogP contribution in [0.25, 0.3) is 0 Å². The second kappa shape index (κ2) is 10.5. The number of methoxy groups -OCH3 is 1. The highest BCUT2D eigenvalue weighted by Crippen LogP contribution is 2.29. The van der Waals surface area contributed by atoms with Crippen LogP contribution in [-0.4, -0.2) is 49.0 Å². The van der Waals surface area contributed by atoms with E-state index in [2.05, 4.69) is 11.9 Å². The van der Waals surface area contributed by atoms with Gasteiger partial charge in [0.05, 0.1) is 25.8 Å². The number of hydrogen-bond acceptors (Lipinski definition) is 5. The minimum Gasteiger partial charge on any atom is -0.497 e. The Labute approximate surface area is 187 Å². The second-order valence-electron chi connectivity index (χ2n) is 7.24. The van der Waals surface area contributed by atoms with Crippen LogP contribution in [-0.2, 0) is 9.59 Å². The Kier molecular flexibility index (Phi) is 7.49. The predicted octanol–water partition coefficient (Wildman–Crippen LogP) is 3.84. The Balaban J connectivity index is 1.73. The monoisotopic (exact) mass is 437 g/mol. The van der Waals surface area contributed by atoms with Crippen molar-refractivity contribution in [1.82, 2.24) is 4.90 Å². The maximum atomic E-state index is 13.1. The highest BCUT2D eigenvalue weighted by Gasteiger charge is 2.46. The first-order valence-electron chi connectivity index (χ1n) is 10.4. The number of ether oxygens (including phenoxy) is 2. The van der Waals surface area contributed by atoms with E-state index in [-0.39, 0.29) is 18.9 Å². The molecule has 2 aromatic rings. The molecule has 1 atom stereocenters. The molecule has 1 heterocycles. The summed E-state index contributed by atoms with van der Waals surface area (Å²) >= 11 is 0. The number of rotatable bonds is 10. The summed E-state index contributed by atoms with van der Waals surface area (Å²) in [5.74, 6) is 0.391. The van der Waals surface area contributed by atoms with Crippen molar-refractivity contribution in [2.24, 2.45) is 0 Å². The van der Waals surface area contributed by atoms with Gasteiger partial charge in [0, 0.05) is 18.3 Å². The van der Waals surface area contributed by atoms with Crippen LogP contribution in [0.4, 0.5) is 16.2 Å². The van der Waals surface area contributed by atoms with Gasteiger partial charge in [0.1, 0.15) is 17.5 Å². The van der Waals surface area contributed by atoms with Crippen molar-refractivity contribution in [3.05, 3.63) is 61.2 Å². The van der Waals surface area contributed by atoms with Crippen molar-refractivity contribution in [3.8, 4) is 11.5 Å². The molecule has 1 N–H and O–H groups in total. The Morgan fingerprint density at radius 3 is 2.56 bits per heavy atom. The molecule has 1 saturated heterocycles. The van der Waals surface area contributed by atoms with Gasteiger partial charge in [-0.3, -0.25) is 9.59 Å². The molecule has 0 bridgehead atoms. The lowest BCUT2D eigenvalue weighted by Crippen LogP contribution is -2.38. The van der Waals surface area contributed by atoms with Crippen molar-refractivity contribution in [2.75, 3.05) is 30.5 Å². The minimum atomic E-state index is -0.932. The average molecular weight is 437 g/mol. The largest absolute Gasteiger partial charge is 0.497 e. The highest BCUT2D eigenvalue weighted by molar-refractivity contribution is 6.22. The molecule has 32 heavy (non-hydrogen) atoms. The van der Waals surface area contributed by atoms with Gasteiger partial charge in [-0.05, 0) is 42.8 Å². The molecule has 1 fully saturated rings. The normalized spacial score (nSPS) is 15.6. The number of benzene rings is 2. The van der Waals surface area contributed by atoms with E-state index in [4.69, 9.17) is 9.47 Å². The number of amides is 4. The van der Waals surface area contributed by atoms with Gasteiger partial charge in [-0.2, -0.15) is 0 Å². The Morgan fingerprint density at radius 1 is 1.16 bits per heavy atom. The molecule has 1 aliphatic heterocycles. The summed E-state index contributed by atoms with van der Waals surface area (Å²) in [6.45, 7) is 6.45. The number of hydrogen-bond donors (Lipinski definition) is 1. The summed E-state index contributed by atoms with van der Waals surface area (Å²) < 4.78 is 10.7. The lowest BCUT2D eigenvalue weighted by atomic mass is 10.1. The van der Waals surface area contributed by atoms with Crippen molar-refractivity contribution >= 4 is 29.2 Å². The first kappa shape index (κ1) is 22.9. The van der Waals surface area contributed by atoms with E-state index >= 15 is 0 Å². The fourth-order valence-corrected chi connectivity index (χ4v) is 3.41. The highest BCUT2D eigenvalue weighted by atomic mass is 16.5. The Hall–Kier alpha value is -3.81. The standard InChI is InChI=1S/C24H27N3O5/c1-4-13-26-21(16-22(28)25-17-9-11-19(12-10-17)32-14-5-2)23(29)27(24(26)30)18-7-6-8-20(15-18)31-3/h4,6-12,15,21H,1,5,13-14,16H2,2-3H3,(H,25,28)/t21-/m0/s1. The van der Waals surface area contributed by atoms with E-state index in [1.54, 1.807) is 48.5 Å². The summed E-state index contributed by atoms with van der Waals surface area (Å²) in [6, 6.07) is 12.2. The van der Waals surface area contributed by atoms with E-state index in [0.717, 1.165) is 11.3 Å². The predicted molar refractivity (Wildman–Crippen MR) is 122 cm³/mol. The molecule has 0 radical (unpaired) electrons. The SMILES string of the molecule is C=CCN1C(=O)N(c2cccc(OC)c2)C(=O)[C@@H]1CC(=O)Nc1ccc(OCCC)cc1. The third kappa shape index (κ3) is 5.08. The Bertz CT molecular complexity index is 989. The second-order valence-corrected chi connectivity index (χ2v) is 7.24. The van der Waals surface area contributed by atoms with Crippen LogP contribution in [0, 0.1) is 0 Å². The third-order valence-corrected chi connectivity index (χ3v) is 4.95. The molecule has 0 spiro atoms. The summed E-state index contributed by atoms with van der Waals surface area (Å²) in [4.78, 5) is 41.2. The number of imide groups is 1. The van der Waals surface area contributed by atoms with Gasteiger partial charge in [0.25, 0.3) is 5.91 Å². The van der Waals surface area contributed by atoms with E-state index in [1.807, 2.05) is 6.92 Å². The molecule has 8 nitrogen and oxygen atoms in total. The molecule has 2 aromatic carbocycles. The van der Waals surface area contributed by atoms with E-state index in [9.17, 15) is 14.4 Å². The maximum absolute atomic E-state index is 13.1. The molecule has 168 valence electrons. The van der Waals surface area contributed by atoms with Gasteiger partial charge in [0.2, 0.25) is 5.91 Å². The van der Waals surface area contributed by atoms with Gasteiger partial charge in [0.15, 0.2) is 0 Å². The lowest BCUT2D eigenvalue weighted by Gasteiger charge is -2.19. The zero-order chi connectivity index (χ0) is 23.1. The van der Waals surface area contributed by atoms with Crippen LogP contribution in [0.3, 0.4) is 0 Å². The quantitative estimate of drug-likeness (QED) is 0.451. The number of nitrogens with zero attached hydrogens (tertiary/aromatic N) is 2. The smallest absolute Gasteiger partial charge is 0.332 e. The van der Waals surface area contributed by atoms with Crippen LogP contribution in [0.1, 0.15) is 19.8 Å². The third-order valence-electron chi connectivity index (χ3n) is 4.95.